The molecule has 142 valence electrons. The van der Waals surface area contributed by atoms with E-state index in [-0.39, 0.29) is 30.4 Å². The maximum atomic E-state index is 11.9. The second kappa shape index (κ2) is 9.38. The monoisotopic (exact) mass is 369 g/mol. The number of aromatic hydroxyl groups is 1. The van der Waals surface area contributed by atoms with Gasteiger partial charge in [0.2, 0.25) is 11.8 Å². The summed E-state index contributed by atoms with van der Waals surface area (Å²) in [6.45, 7) is 3.58. The number of aryl methyl sites for hydroxylation is 2. The van der Waals surface area contributed by atoms with Crippen molar-refractivity contribution >= 4 is 23.7 Å². The first kappa shape index (κ1) is 20.0. The topological polar surface area (TPSA) is 100 Å². The van der Waals surface area contributed by atoms with Crippen LogP contribution in [0.15, 0.2) is 41.5 Å². The molecule has 7 nitrogen and oxygen atoms in total. The summed E-state index contributed by atoms with van der Waals surface area (Å²) in [5.41, 5.74) is 5.26. The van der Waals surface area contributed by atoms with Gasteiger partial charge in [0, 0.05) is 18.5 Å². The third kappa shape index (κ3) is 6.14. The molecule has 27 heavy (non-hydrogen) atoms. The standard InChI is InChI=1S/C20H23N3O4/c1-13-10-15(11-14(2)20(13)26)12-21-23-19(25)9-8-18(24)22-16-4-6-17(27-3)7-5-16/h4-7,10-12,26H,8-9H2,1-3H3,(H,22,24)(H,23,25). The van der Waals surface area contributed by atoms with E-state index in [1.165, 1.54) is 6.21 Å². The Morgan fingerprint density at radius 1 is 1.07 bits per heavy atom. The first-order valence-electron chi connectivity index (χ1n) is 8.45. The number of anilines is 1. The van der Waals surface area contributed by atoms with E-state index in [0.29, 0.717) is 11.4 Å². The van der Waals surface area contributed by atoms with Crippen LogP contribution in [0.4, 0.5) is 5.69 Å². The molecule has 0 aliphatic rings. The minimum absolute atomic E-state index is 0.0208. The van der Waals surface area contributed by atoms with Gasteiger partial charge in [-0.05, 0) is 66.9 Å². The highest BCUT2D eigenvalue weighted by Gasteiger charge is 2.07. The molecule has 0 radical (unpaired) electrons. The number of carbonyl (C=O) groups is 2. The predicted octanol–water partition coefficient (Wildman–Crippen LogP) is 2.89. The molecule has 0 fully saturated rings. The maximum Gasteiger partial charge on any atom is 0.240 e. The van der Waals surface area contributed by atoms with Crippen LogP contribution in [0.2, 0.25) is 0 Å². The van der Waals surface area contributed by atoms with Crippen LogP contribution in [-0.4, -0.2) is 30.2 Å². The molecule has 2 aromatic rings. The first-order valence-corrected chi connectivity index (χ1v) is 8.45. The molecule has 2 aromatic carbocycles. The molecule has 3 N–H and O–H groups in total. The van der Waals surface area contributed by atoms with Gasteiger partial charge in [-0.15, -0.1) is 0 Å². The quantitative estimate of drug-likeness (QED) is 0.516. The number of nitrogens with zero attached hydrogens (tertiary/aromatic N) is 1. The zero-order valence-corrected chi connectivity index (χ0v) is 15.6. The van der Waals surface area contributed by atoms with Gasteiger partial charge in [-0.3, -0.25) is 9.59 Å². The maximum absolute atomic E-state index is 11.9. The van der Waals surface area contributed by atoms with Gasteiger partial charge in [-0.25, -0.2) is 5.43 Å². The predicted molar refractivity (Wildman–Crippen MR) is 104 cm³/mol. The summed E-state index contributed by atoms with van der Waals surface area (Å²) in [5, 5.41) is 16.3. The summed E-state index contributed by atoms with van der Waals surface area (Å²) in [4.78, 5) is 23.7. The summed E-state index contributed by atoms with van der Waals surface area (Å²) in [6, 6.07) is 10.5. The van der Waals surface area contributed by atoms with Crippen LogP contribution >= 0.6 is 0 Å². The average molecular weight is 369 g/mol. The molecule has 0 atom stereocenters. The minimum atomic E-state index is -0.358. The van der Waals surface area contributed by atoms with Crippen molar-refractivity contribution in [2.45, 2.75) is 26.7 Å². The van der Waals surface area contributed by atoms with Crippen molar-refractivity contribution in [3.8, 4) is 11.5 Å². The molecule has 0 unspecified atom stereocenters. The molecule has 0 aliphatic carbocycles. The van der Waals surface area contributed by atoms with Crippen LogP contribution in [-0.2, 0) is 9.59 Å². The Morgan fingerprint density at radius 3 is 2.26 bits per heavy atom. The molecule has 0 heterocycles. The average Bonchev–Trinajstić information content (AvgIpc) is 2.65. The van der Waals surface area contributed by atoms with Crippen LogP contribution in [0.3, 0.4) is 0 Å². The van der Waals surface area contributed by atoms with Gasteiger partial charge in [-0.1, -0.05) is 0 Å². The number of phenolic OH excluding ortho intramolecular Hbond substituents is 1. The number of ether oxygens (including phenoxy) is 1. The zero-order valence-electron chi connectivity index (χ0n) is 15.6. The Labute approximate surface area is 158 Å². The van der Waals surface area contributed by atoms with Crippen molar-refractivity contribution in [2.75, 3.05) is 12.4 Å². The van der Waals surface area contributed by atoms with E-state index in [1.807, 2.05) is 0 Å². The van der Waals surface area contributed by atoms with Gasteiger partial charge in [0.25, 0.3) is 0 Å². The molecule has 0 spiro atoms. The van der Waals surface area contributed by atoms with E-state index in [1.54, 1.807) is 57.4 Å². The Morgan fingerprint density at radius 2 is 1.67 bits per heavy atom. The van der Waals surface area contributed by atoms with E-state index in [2.05, 4.69) is 15.8 Å². The van der Waals surface area contributed by atoms with E-state index in [4.69, 9.17) is 4.74 Å². The van der Waals surface area contributed by atoms with E-state index in [9.17, 15) is 14.7 Å². The zero-order chi connectivity index (χ0) is 19.8. The van der Waals surface area contributed by atoms with Crippen LogP contribution in [0, 0.1) is 13.8 Å². The van der Waals surface area contributed by atoms with Crippen molar-refractivity contribution in [3.05, 3.63) is 53.1 Å². The van der Waals surface area contributed by atoms with E-state index >= 15 is 0 Å². The normalized spacial score (nSPS) is 10.6. The van der Waals surface area contributed by atoms with Crippen molar-refractivity contribution in [1.82, 2.24) is 5.43 Å². The fourth-order valence-corrected chi connectivity index (χ4v) is 2.42. The number of amides is 2. The minimum Gasteiger partial charge on any atom is -0.507 e. The number of hydrogen-bond donors (Lipinski definition) is 3. The Kier molecular flexibility index (Phi) is 6.93. The summed E-state index contributed by atoms with van der Waals surface area (Å²) in [6.07, 6.45) is 1.56. The number of methoxy groups -OCH3 is 1. The highest BCUT2D eigenvalue weighted by molar-refractivity contribution is 5.93. The second-order valence-electron chi connectivity index (χ2n) is 6.07. The highest BCUT2D eigenvalue weighted by Crippen LogP contribution is 2.22. The summed E-state index contributed by atoms with van der Waals surface area (Å²) >= 11 is 0. The number of carbonyl (C=O) groups excluding carboxylic acids is 2. The Balaban J connectivity index is 1.77. The third-order valence-electron chi connectivity index (χ3n) is 3.87. The van der Waals surface area contributed by atoms with Gasteiger partial charge in [-0.2, -0.15) is 5.10 Å². The molecular formula is C20H23N3O4. The lowest BCUT2D eigenvalue weighted by Crippen LogP contribution is -2.20. The first-order chi connectivity index (χ1) is 12.9. The molecule has 0 saturated carbocycles. The number of benzene rings is 2. The smallest absolute Gasteiger partial charge is 0.240 e. The van der Waals surface area contributed by atoms with Gasteiger partial charge in [0.15, 0.2) is 0 Å². The highest BCUT2D eigenvalue weighted by atomic mass is 16.5. The Bertz CT molecular complexity index is 822. The van der Waals surface area contributed by atoms with Crippen molar-refractivity contribution in [2.24, 2.45) is 5.10 Å². The second-order valence-corrected chi connectivity index (χ2v) is 6.07. The van der Waals surface area contributed by atoms with Crippen LogP contribution < -0.4 is 15.5 Å². The number of hydrazone groups is 1. The number of hydrogen-bond acceptors (Lipinski definition) is 5. The fourth-order valence-electron chi connectivity index (χ4n) is 2.42. The number of nitrogens with one attached hydrogen (secondary N) is 2. The lowest BCUT2D eigenvalue weighted by Gasteiger charge is -2.06. The molecule has 0 aromatic heterocycles. The van der Waals surface area contributed by atoms with Crippen LogP contribution in [0.25, 0.3) is 0 Å². The largest absolute Gasteiger partial charge is 0.507 e. The van der Waals surface area contributed by atoms with Gasteiger partial charge in [0.05, 0.1) is 13.3 Å². The van der Waals surface area contributed by atoms with Crippen molar-refractivity contribution in [3.63, 3.8) is 0 Å². The third-order valence-corrected chi connectivity index (χ3v) is 3.87. The molecule has 0 aliphatic heterocycles. The van der Waals surface area contributed by atoms with Gasteiger partial charge >= 0.3 is 0 Å². The molecular weight excluding hydrogens is 346 g/mol. The molecule has 2 amide bonds. The van der Waals surface area contributed by atoms with Gasteiger partial charge < -0.3 is 15.2 Å². The molecule has 2 rings (SSSR count). The van der Waals surface area contributed by atoms with Crippen molar-refractivity contribution < 1.29 is 19.4 Å². The van der Waals surface area contributed by atoms with Gasteiger partial charge in [0.1, 0.15) is 11.5 Å². The fraction of sp³-hybridized carbons (Fsp3) is 0.250. The molecule has 7 heteroatoms. The molecule has 0 bridgehead atoms. The van der Waals surface area contributed by atoms with Crippen molar-refractivity contribution in [1.29, 1.82) is 0 Å². The lowest BCUT2D eigenvalue weighted by molar-refractivity contribution is -0.124. The Hall–Kier alpha value is -3.35. The van der Waals surface area contributed by atoms with Crippen LogP contribution in [0.1, 0.15) is 29.5 Å². The van der Waals surface area contributed by atoms with E-state index in [0.717, 1.165) is 16.7 Å². The molecule has 0 saturated heterocycles. The SMILES string of the molecule is COc1ccc(NC(=O)CCC(=O)NN=Cc2cc(C)c(O)c(C)c2)cc1. The number of rotatable bonds is 7. The summed E-state index contributed by atoms with van der Waals surface area (Å²) in [5.74, 6) is 0.329. The number of phenols is 1. The lowest BCUT2D eigenvalue weighted by atomic mass is 10.1. The van der Waals surface area contributed by atoms with Crippen LogP contribution in [0.5, 0.6) is 11.5 Å². The van der Waals surface area contributed by atoms with E-state index < -0.39 is 0 Å². The summed E-state index contributed by atoms with van der Waals surface area (Å²) in [7, 11) is 1.57. The summed E-state index contributed by atoms with van der Waals surface area (Å²) < 4.78 is 5.05.